The molecule has 1 fully saturated rings. The molecule has 1 unspecified atom stereocenters. The zero-order valence-electron chi connectivity index (χ0n) is 13.2. The number of anilines is 1. The van der Waals surface area contributed by atoms with Crippen molar-refractivity contribution in [1.82, 2.24) is 0 Å². The van der Waals surface area contributed by atoms with Gasteiger partial charge in [-0.25, -0.2) is 4.79 Å². The summed E-state index contributed by atoms with van der Waals surface area (Å²) in [5.74, 6) is -0.449. The summed E-state index contributed by atoms with van der Waals surface area (Å²) < 4.78 is 4.79. The van der Waals surface area contributed by atoms with Crippen LogP contribution in [0.15, 0.2) is 18.2 Å². The first-order chi connectivity index (χ1) is 9.85. The van der Waals surface area contributed by atoms with Gasteiger partial charge in [-0.2, -0.15) is 0 Å². The molecular formula is C17H23NO3. The van der Waals surface area contributed by atoms with Gasteiger partial charge in [-0.1, -0.05) is 31.9 Å². The molecule has 1 aliphatic carbocycles. The van der Waals surface area contributed by atoms with Crippen LogP contribution in [-0.4, -0.2) is 19.0 Å². The number of aryl methyl sites for hydroxylation is 1. The molecular weight excluding hydrogens is 266 g/mol. The third kappa shape index (κ3) is 3.26. The van der Waals surface area contributed by atoms with Gasteiger partial charge in [0, 0.05) is 5.92 Å². The molecule has 0 bridgehead atoms. The monoisotopic (exact) mass is 289 g/mol. The van der Waals surface area contributed by atoms with E-state index in [4.69, 9.17) is 4.74 Å². The van der Waals surface area contributed by atoms with E-state index in [-0.39, 0.29) is 17.2 Å². The Hall–Kier alpha value is -1.84. The number of carbonyl (C=O) groups excluding carboxylic acids is 2. The van der Waals surface area contributed by atoms with Crippen molar-refractivity contribution in [3.8, 4) is 0 Å². The van der Waals surface area contributed by atoms with Crippen LogP contribution >= 0.6 is 0 Å². The van der Waals surface area contributed by atoms with Crippen molar-refractivity contribution in [3.63, 3.8) is 0 Å². The molecule has 0 saturated heterocycles. The molecule has 0 radical (unpaired) electrons. The zero-order chi connectivity index (χ0) is 15.6. The second kappa shape index (κ2) is 5.88. The Kier molecular flexibility index (Phi) is 4.35. The summed E-state index contributed by atoms with van der Waals surface area (Å²) in [7, 11) is 1.34. The van der Waals surface area contributed by atoms with Crippen LogP contribution in [0.5, 0.6) is 0 Å². The van der Waals surface area contributed by atoms with E-state index in [1.54, 1.807) is 12.1 Å². The van der Waals surface area contributed by atoms with Crippen molar-refractivity contribution in [1.29, 1.82) is 0 Å². The van der Waals surface area contributed by atoms with Crippen LogP contribution in [0.2, 0.25) is 0 Å². The lowest BCUT2D eigenvalue weighted by Gasteiger charge is -2.26. The molecule has 1 amide bonds. The summed E-state index contributed by atoms with van der Waals surface area (Å²) in [4.78, 5) is 24.4. The third-order valence-electron chi connectivity index (χ3n) is 4.41. The Morgan fingerprint density at radius 3 is 2.62 bits per heavy atom. The number of hydrogen-bond donors (Lipinski definition) is 1. The van der Waals surface area contributed by atoms with Crippen LogP contribution in [0.1, 0.15) is 49.0 Å². The van der Waals surface area contributed by atoms with Crippen LogP contribution < -0.4 is 5.32 Å². The highest BCUT2D eigenvalue weighted by molar-refractivity contribution is 6.02. The van der Waals surface area contributed by atoms with Gasteiger partial charge in [0.05, 0.1) is 18.4 Å². The predicted molar refractivity (Wildman–Crippen MR) is 82.3 cm³/mol. The summed E-state index contributed by atoms with van der Waals surface area (Å²) >= 11 is 0. The fourth-order valence-corrected chi connectivity index (χ4v) is 3.08. The van der Waals surface area contributed by atoms with Gasteiger partial charge < -0.3 is 10.1 Å². The molecule has 0 heterocycles. The summed E-state index contributed by atoms with van der Waals surface area (Å²) in [6.45, 7) is 6.15. The van der Waals surface area contributed by atoms with Crippen LogP contribution in [0.25, 0.3) is 0 Å². The zero-order valence-corrected chi connectivity index (χ0v) is 13.2. The smallest absolute Gasteiger partial charge is 0.339 e. The third-order valence-corrected chi connectivity index (χ3v) is 4.41. The fourth-order valence-electron chi connectivity index (χ4n) is 3.08. The molecule has 21 heavy (non-hydrogen) atoms. The highest BCUT2D eigenvalue weighted by atomic mass is 16.5. The molecule has 1 aromatic rings. The molecule has 2 rings (SSSR count). The SMILES string of the molecule is COC(=O)c1cc(C)ccc1NC(=O)C1CCCC1(C)C. The molecule has 0 aliphatic heterocycles. The molecule has 4 nitrogen and oxygen atoms in total. The van der Waals surface area contributed by atoms with Gasteiger partial charge in [0.2, 0.25) is 5.91 Å². The Bertz CT molecular complexity index is 563. The average molecular weight is 289 g/mol. The largest absolute Gasteiger partial charge is 0.465 e. The Morgan fingerprint density at radius 1 is 1.33 bits per heavy atom. The average Bonchev–Trinajstić information content (AvgIpc) is 2.79. The van der Waals surface area contributed by atoms with E-state index in [0.717, 1.165) is 24.8 Å². The number of esters is 1. The lowest BCUT2D eigenvalue weighted by molar-refractivity contribution is -0.122. The van der Waals surface area contributed by atoms with Crippen molar-refractivity contribution >= 4 is 17.6 Å². The lowest BCUT2D eigenvalue weighted by atomic mass is 9.81. The first kappa shape index (κ1) is 15.5. The summed E-state index contributed by atoms with van der Waals surface area (Å²) in [5.41, 5.74) is 1.90. The van der Waals surface area contributed by atoms with E-state index < -0.39 is 5.97 Å². The second-order valence-electron chi connectivity index (χ2n) is 6.46. The predicted octanol–water partition coefficient (Wildman–Crippen LogP) is 3.55. The highest BCUT2D eigenvalue weighted by Crippen LogP contribution is 2.43. The summed E-state index contributed by atoms with van der Waals surface area (Å²) in [6.07, 6.45) is 3.03. The first-order valence-corrected chi connectivity index (χ1v) is 7.35. The number of nitrogens with one attached hydrogen (secondary N) is 1. The maximum atomic E-state index is 12.5. The molecule has 1 aliphatic rings. The minimum Gasteiger partial charge on any atom is -0.465 e. The Morgan fingerprint density at radius 2 is 2.05 bits per heavy atom. The maximum Gasteiger partial charge on any atom is 0.339 e. The minimum atomic E-state index is -0.431. The lowest BCUT2D eigenvalue weighted by Crippen LogP contribution is -2.31. The van der Waals surface area contributed by atoms with Gasteiger partial charge >= 0.3 is 5.97 Å². The Labute approximate surface area is 125 Å². The van der Waals surface area contributed by atoms with Crippen molar-refractivity contribution in [2.75, 3.05) is 12.4 Å². The van der Waals surface area contributed by atoms with E-state index in [9.17, 15) is 9.59 Å². The van der Waals surface area contributed by atoms with Crippen LogP contribution in [0, 0.1) is 18.3 Å². The molecule has 1 saturated carbocycles. The van der Waals surface area contributed by atoms with E-state index in [1.807, 2.05) is 13.0 Å². The van der Waals surface area contributed by atoms with Gasteiger partial charge in [0.15, 0.2) is 0 Å². The van der Waals surface area contributed by atoms with Gasteiger partial charge in [0.25, 0.3) is 0 Å². The first-order valence-electron chi connectivity index (χ1n) is 7.35. The van der Waals surface area contributed by atoms with Crippen LogP contribution in [-0.2, 0) is 9.53 Å². The van der Waals surface area contributed by atoms with Gasteiger partial charge in [-0.05, 0) is 37.3 Å². The number of methoxy groups -OCH3 is 1. The molecule has 4 heteroatoms. The van der Waals surface area contributed by atoms with Gasteiger partial charge in [0.1, 0.15) is 0 Å². The molecule has 1 atom stereocenters. The molecule has 1 N–H and O–H groups in total. The quantitative estimate of drug-likeness (QED) is 0.866. The van der Waals surface area contributed by atoms with Crippen molar-refractivity contribution in [3.05, 3.63) is 29.3 Å². The second-order valence-corrected chi connectivity index (χ2v) is 6.46. The molecule has 0 spiro atoms. The van der Waals surface area contributed by atoms with Crippen LogP contribution in [0.4, 0.5) is 5.69 Å². The number of ether oxygens (including phenoxy) is 1. The van der Waals surface area contributed by atoms with E-state index in [2.05, 4.69) is 19.2 Å². The van der Waals surface area contributed by atoms with E-state index in [1.165, 1.54) is 7.11 Å². The van der Waals surface area contributed by atoms with Crippen LogP contribution in [0.3, 0.4) is 0 Å². The van der Waals surface area contributed by atoms with E-state index in [0.29, 0.717) is 11.3 Å². The van der Waals surface area contributed by atoms with Crippen molar-refractivity contribution in [2.24, 2.45) is 11.3 Å². The number of rotatable bonds is 3. The molecule has 114 valence electrons. The number of carbonyl (C=O) groups is 2. The van der Waals surface area contributed by atoms with Crippen molar-refractivity contribution < 1.29 is 14.3 Å². The normalized spacial score (nSPS) is 20.1. The topological polar surface area (TPSA) is 55.4 Å². The number of hydrogen-bond acceptors (Lipinski definition) is 3. The molecule has 1 aromatic carbocycles. The molecule has 0 aromatic heterocycles. The Balaban J connectivity index is 2.23. The van der Waals surface area contributed by atoms with Crippen molar-refractivity contribution in [2.45, 2.75) is 40.0 Å². The number of amides is 1. The van der Waals surface area contributed by atoms with Gasteiger partial charge in [-0.3, -0.25) is 4.79 Å². The highest BCUT2D eigenvalue weighted by Gasteiger charge is 2.39. The minimum absolute atomic E-state index is 0.00786. The van der Waals surface area contributed by atoms with E-state index >= 15 is 0 Å². The number of benzene rings is 1. The van der Waals surface area contributed by atoms with Gasteiger partial charge in [-0.15, -0.1) is 0 Å². The fraction of sp³-hybridized carbons (Fsp3) is 0.529. The summed E-state index contributed by atoms with van der Waals surface area (Å²) in [5, 5.41) is 2.91. The standard InChI is InChI=1S/C17H23NO3/c1-11-7-8-14(12(10-11)16(20)21-4)18-15(19)13-6-5-9-17(13,2)3/h7-8,10,13H,5-6,9H2,1-4H3,(H,18,19). The maximum absolute atomic E-state index is 12.5. The summed E-state index contributed by atoms with van der Waals surface area (Å²) in [6, 6.07) is 5.38.